The normalized spacial score (nSPS) is 15.4. The molecular weight excluding hydrogens is 435 g/mol. The second kappa shape index (κ2) is 9.25. The Labute approximate surface area is 190 Å². The van der Waals surface area contributed by atoms with Crippen molar-refractivity contribution < 1.29 is 14.3 Å². The summed E-state index contributed by atoms with van der Waals surface area (Å²) >= 11 is 12.0. The fourth-order valence-electron chi connectivity index (χ4n) is 3.91. The molecule has 1 heterocycles. The molecule has 2 aromatic carbocycles. The van der Waals surface area contributed by atoms with Gasteiger partial charge in [0.2, 0.25) is 0 Å². The van der Waals surface area contributed by atoms with Crippen molar-refractivity contribution in [3.05, 3.63) is 74.9 Å². The lowest BCUT2D eigenvalue weighted by Crippen LogP contribution is -2.29. The number of hydrogen-bond donors (Lipinski definition) is 1. The molecule has 0 aliphatic heterocycles. The Morgan fingerprint density at radius 3 is 2.81 bits per heavy atom. The first-order valence-electron chi connectivity index (χ1n) is 10.2. The number of fused-ring (bicyclic) bond motifs is 2. The van der Waals surface area contributed by atoms with E-state index in [1.54, 1.807) is 18.2 Å². The van der Waals surface area contributed by atoms with Crippen LogP contribution in [0, 0.1) is 5.92 Å². The molecule has 160 valence electrons. The van der Waals surface area contributed by atoms with Crippen molar-refractivity contribution in [2.75, 3.05) is 6.61 Å². The van der Waals surface area contributed by atoms with Gasteiger partial charge in [-0.2, -0.15) is 0 Å². The highest BCUT2D eigenvalue weighted by Gasteiger charge is 2.26. The van der Waals surface area contributed by atoms with Gasteiger partial charge in [-0.1, -0.05) is 54.4 Å². The summed E-state index contributed by atoms with van der Waals surface area (Å²) in [6.07, 6.45) is 2.66. The molecule has 0 fully saturated rings. The monoisotopic (exact) mass is 456 g/mol. The minimum atomic E-state index is -0.497. The van der Waals surface area contributed by atoms with Crippen LogP contribution in [0.1, 0.15) is 40.5 Å². The largest absolute Gasteiger partial charge is 0.452 e. The van der Waals surface area contributed by atoms with Crippen LogP contribution in [-0.4, -0.2) is 23.5 Å². The zero-order valence-corrected chi connectivity index (χ0v) is 18.6. The van der Waals surface area contributed by atoms with Gasteiger partial charge in [-0.25, -0.2) is 4.79 Å². The molecule has 1 unspecified atom stereocenters. The molecule has 1 N–H and O–H groups in total. The van der Waals surface area contributed by atoms with E-state index in [4.69, 9.17) is 32.9 Å². The highest BCUT2D eigenvalue weighted by molar-refractivity contribution is 6.35. The van der Waals surface area contributed by atoms with E-state index in [1.807, 2.05) is 24.3 Å². The molecule has 1 aliphatic carbocycles. The van der Waals surface area contributed by atoms with Crippen LogP contribution in [0.4, 0.5) is 0 Å². The summed E-state index contributed by atoms with van der Waals surface area (Å²) in [6, 6.07) is 12.6. The Balaban J connectivity index is 1.48. The van der Waals surface area contributed by atoms with Crippen LogP contribution in [0.2, 0.25) is 10.0 Å². The Kier molecular flexibility index (Phi) is 6.44. The number of halogens is 2. The zero-order chi connectivity index (χ0) is 22.0. The second-order valence-electron chi connectivity index (χ2n) is 7.87. The predicted octanol–water partition coefficient (Wildman–Crippen LogP) is 5.14. The molecule has 1 amide bonds. The summed E-state index contributed by atoms with van der Waals surface area (Å²) in [5, 5.41) is 4.47. The summed E-state index contributed by atoms with van der Waals surface area (Å²) in [5.74, 6) is -0.432. The molecule has 1 aromatic heterocycles. The molecule has 1 aliphatic rings. The van der Waals surface area contributed by atoms with Gasteiger partial charge in [0.05, 0.1) is 11.1 Å². The Morgan fingerprint density at radius 2 is 2.00 bits per heavy atom. The first-order chi connectivity index (χ1) is 14.9. The number of carbonyl (C=O) groups excluding carboxylic acids is 2. The molecule has 0 saturated carbocycles. The third-order valence-electron chi connectivity index (χ3n) is 5.54. The number of esters is 1. The van der Waals surface area contributed by atoms with E-state index in [-0.39, 0.29) is 13.2 Å². The van der Waals surface area contributed by atoms with Crippen LogP contribution in [-0.2, 0) is 28.9 Å². The van der Waals surface area contributed by atoms with Crippen LogP contribution in [0.15, 0.2) is 42.5 Å². The van der Waals surface area contributed by atoms with Crippen molar-refractivity contribution in [2.45, 2.75) is 32.7 Å². The molecule has 0 radical (unpaired) electrons. The minimum absolute atomic E-state index is 0.220. The van der Waals surface area contributed by atoms with Crippen molar-refractivity contribution in [2.24, 2.45) is 5.92 Å². The maximum atomic E-state index is 13.0. The van der Waals surface area contributed by atoms with Gasteiger partial charge in [-0.3, -0.25) is 9.78 Å². The number of benzene rings is 2. The zero-order valence-electron chi connectivity index (χ0n) is 17.1. The van der Waals surface area contributed by atoms with E-state index in [0.29, 0.717) is 21.5 Å². The minimum Gasteiger partial charge on any atom is -0.452 e. The molecular formula is C24H22Cl2N2O3. The van der Waals surface area contributed by atoms with Crippen LogP contribution in [0.5, 0.6) is 0 Å². The number of carbonyl (C=O) groups is 2. The van der Waals surface area contributed by atoms with Crippen LogP contribution in [0.25, 0.3) is 10.9 Å². The number of aromatic nitrogens is 1. The average molecular weight is 457 g/mol. The van der Waals surface area contributed by atoms with Crippen molar-refractivity contribution in [3.63, 3.8) is 0 Å². The lowest BCUT2D eigenvalue weighted by molar-refractivity contribution is -0.124. The van der Waals surface area contributed by atoms with Crippen molar-refractivity contribution in [3.8, 4) is 0 Å². The third kappa shape index (κ3) is 4.83. The van der Waals surface area contributed by atoms with E-state index in [2.05, 4.69) is 12.2 Å². The van der Waals surface area contributed by atoms with Gasteiger partial charge < -0.3 is 10.1 Å². The quantitative estimate of drug-likeness (QED) is 0.539. The molecule has 0 saturated heterocycles. The van der Waals surface area contributed by atoms with Crippen LogP contribution < -0.4 is 5.32 Å². The molecule has 5 nitrogen and oxygen atoms in total. The van der Waals surface area contributed by atoms with Gasteiger partial charge >= 0.3 is 5.97 Å². The highest BCUT2D eigenvalue weighted by atomic mass is 35.5. The number of nitrogens with zero attached hydrogens (tertiary/aromatic N) is 1. The smallest absolute Gasteiger partial charge is 0.339 e. The fourth-order valence-corrected chi connectivity index (χ4v) is 4.38. The number of amides is 1. The van der Waals surface area contributed by atoms with E-state index >= 15 is 0 Å². The number of ether oxygens (including phenoxy) is 1. The number of aryl methyl sites for hydroxylation is 1. The summed E-state index contributed by atoms with van der Waals surface area (Å²) < 4.78 is 5.40. The van der Waals surface area contributed by atoms with Gasteiger partial charge in [-0.05, 0) is 54.5 Å². The summed E-state index contributed by atoms with van der Waals surface area (Å²) in [7, 11) is 0. The topological polar surface area (TPSA) is 68.3 Å². The molecule has 3 aromatic rings. The molecule has 7 heteroatoms. The average Bonchev–Trinajstić information content (AvgIpc) is 2.75. The SMILES string of the molecule is CC1CCc2nc3ccccc3c(C(=O)OCC(=O)NCc3ccc(Cl)cc3Cl)c2C1. The summed E-state index contributed by atoms with van der Waals surface area (Å²) in [4.78, 5) is 30.1. The number of rotatable bonds is 5. The van der Waals surface area contributed by atoms with Crippen molar-refractivity contribution in [1.82, 2.24) is 10.3 Å². The van der Waals surface area contributed by atoms with Gasteiger partial charge in [0, 0.05) is 27.7 Å². The maximum Gasteiger partial charge on any atom is 0.339 e. The number of nitrogens with one attached hydrogen (secondary N) is 1. The lowest BCUT2D eigenvalue weighted by Gasteiger charge is -2.24. The molecule has 1 atom stereocenters. The van der Waals surface area contributed by atoms with Gasteiger partial charge in [0.25, 0.3) is 5.91 Å². The molecule has 4 rings (SSSR count). The number of para-hydroxylation sites is 1. The maximum absolute atomic E-state index is 13.0. The van der Waals surface area contributed by atoms with E-state index in [1.165, 1.54) is 0 Å². The molecule has 0 spiro atoms. The third-order valence-corrected chi connectivity index (χ3v) is 6.12. The summed E-state index contributed by atoms with van der Waals surface area (Å²) in [5.41, 5.74) is 3.92. The lowest BCUT2D eigenvalue weighted by atomic mass is 9.84. The van der Waals surface area contributed by atoms with E-state index in [9.17, 15) is 9.59 Å². The first kappa shape index (κ1) is 21.6. The summed E-state index contributed by atoms with van der Waals surface area (Å²) in [6.45, 7) is 2.02. The van der Waals surface area contributed by atoms with Gasteiger partial charge in [-0.15, -0.1) is 0 Å². The number of pyridine rings is 1. The van der Waals surface area contributed by atoms with Crippen molar-refractivity contribution in [1.29, 1.82) is 0 Å². The van der Waals surface area contributed by atoms with E-state index in [0.717, 1.165) is 47.0 Å². The predicted molar refractivity (Wildman–Crippen MR) is 122 cm³/mol. The van der Waals surface area contributed by atoms with Crippen LogP contribution >= 0.6 is 23.2 Å². The fraction of sp³-hybridized carbons (Fsp3) is 0.292. The Bertz CT molecular complexity index is 1160. The Hall–Kier alpha value is -2.63. The first-order valence-corrected chi connectivity index (χ1v) is 11.0. The van der Waals surface area contributed by atoms with Crippen molar-refractivity contribution >= 4 is 46.0 Å². The van der Waals surface area contributed by atoms with E-state index < -0.39 is 11.9 Å². The molecule has 0 bridgehead atoms. The number of hydrogen-bond acceptors (Lipinski definition) is 4. The second-order valence-corrected chi connectivity index (χ2v) is 8.71. The van der Waals surface area contributed by atoms with Gasteiger partial charge in [0.1, 0.15) is 0 Å². The molecule has 31 heavy (non-hydrogen) atoms. The highest BCUT2D eigenvalue weighted by Crippen LogP contribution is 2.32. The standard InChI is InChI=1S/C24H22Cl2N2O3/c1-14-6-9-21-18(10-14)23(17-4-2-3-5-20(17)28-21)24(30)31-13-22(29)27-12-15-7-8-16(25)11-19(15)26/h2-5,7-8,11,14H,6,9-10,12-13H2,1H3,(H,27,29). The Morgan fingerprint density at radius 1 is 1.19 bits per heavy atom. The van der Waals surface area contributed by atoms with Crippen LogP contribution in [0.3, 0.4) is 0 Å². The van der Waals surface area contributed by atoms with Gasteiger partial charge in [0.15, 0.2) is 6.61 Å².